The molecule has 3 rings (SSSR count). The predicted octanol–water partition coefficient (Wildman–Crippen LogP) is 4.62. The van der Waals surface area contributed by atoms with Crippen LogP contribution in [-0.4, -0.2) is 26.7 Å². The lowest BCUT2D eigenvalue weighted by Gasteiger charge is -2.21. The predicted molar refractivity (Wildman–Crippen MR) is 113 cm³/mol. The first-order valence-electron chi connectivity index (χ1n) is 9.46. The minimum atomic E-state index is -0.314. The van der Waals surface area contributed by atoms with Crippen LogP contribution in [0.25, 0.3) is 0 Å². The highest BCUT2D eigenvalue weighted by atomic mass is 16.5. The van der Waals surface area contributed by atoms with E-state index < -0.39 is 0 Å². The highest BCUT2D eigenvalue weighted by Gasteiger charge is 2.18. The standard InChI is InChI=1S/C24H25NO4/c1-4-29-22-15-7-18(8-16-22)23(17-5-11-20(27-2)12-6-17)25-24(26)19-9-13-21(28-3)14-10-19/h5-16,23H,4H2,1-3H3,(H,25,26)/t23-/m0/s1. The average Bonchev–Trinajstić information content (AvgIpc) is 2.78. The minimum Gasteiger partial charge on any atom is -0.497 e. The monoisotopic (exact) mass is 391 g/mol. The molecule has 150 valence electrons. The van der Waals surface area contributed by atoms with Crippen LogP contribution in [0, 0.1) is 0 Å². The quantitative estimate of drug-likeness (QED) is 0.609. The van der Waals surface area contributed by atoms with Crippen LogP contribution in [0.2, 0.25) is 0 Å². The topological polar surface area (TPSA) is 56.8 Å². The van der Waals surface area contributed by atoms with Gasteiger partial charge in [0.1, 0.15) is 17.2 Å². The molecule has 1 amide bonds. The van der Waals surface area contributed by atoms with Gasteiger partial charge in [0.2, 0.25) is 0 Å². The van der Waals surface area contributed by atoms with E-state index in [-0.39, 0.29) is 11.9 Å². The largest absolute Gasteiger partial charge is 0.497 e. The van der Waals surface area contributed by atoms with Crippen molar-refractivity contribution in [2.75, 3.05) is 20.8 Å². The van der Waals surface area contributed by atoms with Crippen molar-refractivity contribution in [1.29, 1.82) is 0 Å². The molecule has 0 heterocycles. The Bertz CT molecular complexity index is 919. The second kappa shape index (κ2) is 9.64. The van der Waals surface area contributed by atoms with Crippen molar-refractivity contribution in [2.24, 2.45) is 0 Å². The second-order valence-corrected chi connectivity index (χ2v) is 6.41. The molecular weight excluding hydrogens is 366 g/mol. The van der Waals surface area contributed by atoms with Gasteiger partial charge < -0.3 is 19.5 Å². The summed E-state index contributed by atoms with van der Waals surface area (Å²) in [5, 5.41) is 3.13. The van der Waals surface area contributed by atoms with Crippen molar-refractivity contribution in [3.8, 4) is 17.2 Å². The maximum atomic E-state index is 12.9. The highest BCUT2D eigenvalue weighted by molar-refractivity contribution is 5.94. The van der Waals surface area contributed by atoms with E-state index in [0.29, 0.717) is 17.9 Å². The first-order valence-corrected chi connectivity index (χ1v) is 9.46. The van der Waals surface area contributed by atoms with Crippen LogP contribution >= 0.6 is 0 Å². The Hall–Kier alpha value is -3.47. The van der Waals surface area contributed by atoms with E-state index >= 15 is 0 Å². The van der Waals surface area contributed by atoms with Gasteiger partial charge in [0, 0.05) is 5.56 Å². The molecule has 1 atom stereocenters. The Morgan fingerprint density at radius 2 is 1.21 bits per heavy atom. The number of hydrogen-bond donors (Lipinski definition) is 1. The van der Waals surface area contributed by atoms with Gasteiger partial charge in [0.25, 0.3) is 5.91 Å². The van der Waals surface area contributed by atoms with Crippen LogP contribution in [0.15, 0.2) is 72.8 Å². The summed E-state index contributed by atoms with van der Waals surface area (Å²) in [6, 6.07) is 22.2. The highest BCUT2D eigenvalue weighted by Crippen LogP contribution is 2.26. The lowest BCUT2D eigenvalue weighted by molar-refractivity contribution is 0.0943. The Balaban J connectivity index is 1.89. The van der Waals surface area contributed by atoms with E-state index in [2.05, 4.69) is 5.32 Å². The van der Waals surface area contributed by atoms with Crippen molar-refractivity contribution in [1.82, 2.24) is 5.32 Å². The zero-order valence-electron chi connectivity index (χ0n) is 16.8. The molecule has 0 aromatic heterocycles. The summed E-state index contributed by atoms with van der Waals surface area (Å²) in [6.45, 7) is 2.55. The summed E-state index contributed by atoms with van der Waals surface area (Å²) < 4.78 is 16.0. The normalized spacial score (nSPS) is 11.4. The fourth-order valence-electron chi connectivity index (χ4n) is 3.04. The molecule has 0 saturated heterocycles. The summed E-state index contributed by atoms with van der Waals surface area (Å²) in [6.07, 6.45) is 0. The molecule has 0 unspecified atom stereocenters. The fourth-order valence-corrected chi connectivity index (χ4v) is 3.04. The van der Waals surface area contributed by atoms with Crippen LogP contribution < -0.4 is 19.5 Å². The lowest BCUT2D eigenvalue weighted by Crippen LogP contribution is -2.29. The summed E-state index contributed by atoms with van der Waals surface area (Å²) in [4.78, 5) is 12.9. The van der Waals surface area contributed by atoms with Gasteiger partial charge >= 0.3 is 0 Å². The smallest absolute Gasteiger partial charge is 0.252 e. The number of carbonyl (C=O) groups excluding carboxylic acids is 1. The van der Waals surface area contributed by atoms with E-state index in [1.54, 1.807) is 38.5 Å². The van der Waals surface area contributed by atoms with E-state index in [1.807, 2.05) is 55.5 Å². The Morgan fingerprint density at radius 3 is 1.66 bits per heavy atom. The molecule has 0 bridgehead atoms. The zero-order chi connectivity index (χ0) is 20.6. The van der Waals surface area contributed by atoms with Crippen LogP contribution in [0.5, 0.6) is 17.2 Å². The van der Waals surface area contributed by atoms with Gasteiger partial charge in [0.15, 0.2) is 0 Å². The van der Waals surface area contributed by atoms with Gasteiger partial charge in [0.05, 0.1) is 26.9 Å². The number of rotatable bonds is 8. The molecule has 0 fully saturated rings. The maximum absolute atomic E-state index is 12.9. The number of carbonyl (C=O) groups is 1. The summed E-state index contributed by atoms with van der Waals surface area (Å²) in [5.74, 6) is 2.11. The average molecular weight is 391 g/mol. The molecule has 0 radical (unpaired) electrons. The first-order chi connectivity index (χ1) is 14.1. The Kier molecular flexibility index (Phi) is 6.74. The Labute approximate surface area is 171 Å². The SMILES string of the molecule is CCOc1ccc([C@@H](NC(=O)c2ccc(OC)cc2)c2ccc(OC)cc2)cc1. The minimum absolute atomic E-state index is 0.164. The molecule has 0 spiro atoms. The third-order valence-electron chi connectivity index (χ3n) is 4.60. The number of methoxy groups -OCH3 is 2. The third kappa shape index (κ3) is 5.08. The van der Waals surface area contributed by atoms with Gasteiger partial charge in [-0.3, -0.25) is 4.79 Å². The molecule has 29 heavy (non-hydrogen) atoms. The van der Waals surface area contributed by atoms with E-state index in [0.717, 1.165) is 22.6 Å². The van der Waals surface area contributed by atoms with E-state index in [4.69, 9.17) is 14.2 Å². The molecule has 0 saturated carbocycles. The zero-order valence-corrected chi connectivity index (χ0v) is 16.8. The molecule has 1 N–H and O–H groups in total. The summed E-state index contributed by atoms with van der Waals surface area (Å²) in [5.41, 5.74) is 2.48. The van der Waals surface area contributed by atoms with Crippen LogP contribution in [0.3, 0.4) is 0 Å². The lowest BCUT2D eigenvalue weighted by atomic mass is 9.98. The molecule has 0 aliphatic rings. The maximum Gasteiger partial charge on any atom is 0.252 e. The molecular formula is C24H25NO4. The van der Waals surface area contributed by atoms with Crippen molar-refractivity contribution in [3.63, 3.8) is 0 Å². The molecule has 0 aliphatic carbocycles. The molecule has 5 nitrogen and oxygen atoms in total. The number of ether oxygens (including phenoxy) is 3. The second-order valence-electron chi connectivity index (χ2n) is 6.41. The van der Waals surface area contributed by atoms with E-state index in [9.17, 15) is 4.79 Å². The Morgan fingerprint density at radius 1 is 0.759 bits per heavy atom. The fraction of sp³-hybridized carbons (Fsp3) is 0.208. The van der Waals surface area contributed by atoms with Crippen LogP contribution in [-0.2, 0) is 0 Å². The summed E-state index contributed by atoms with van der Waals surface area (Å²) in [7, 11) is 3.23. The number of hydrogen-bond acceptors (Lipinski definition) is 4. The third-order valence-corrected chi connectivity index (χ3v) is 4.60. The van der Waals surface area contributed by atoms with E-state index in [1.165, 1.54) is 0 Å². The van der Waals surface area contributed by atoms with Gasteiger partial charge in [-0.15, -0.1) is 0 Å². The number of nitrogens with one attached hydrogen (secondary N) is 1. The van der Waals surface area contributed by atoms with Crippen LogP contribution in [0.4, 0.5) is 0 Å². The van der Waals surface area contributed by atoms with Crippen LogP contribution in [0.1, 0.15) is 34.5 Å². The number of amides is 1. The van der Waals surface area contributed by atoms with Gasteiger partial charge in [-0.25, -0.2) is 0 Å². The molecule has 5 heteroatoms. The van der Waals surface area contributed by atoms with Crippen molar-refractivity contribution in [2.45, 2.75) is 13.0 Å². The molecule has 3 aromatic rings. The van der Waals surface area contributed by atoms with Crippen molar-refractivity contribution >= 4 is 5.91 Å². The molecule has 3 aromatic carbocycles. The molecule has 0 aliphatic heterocycles. The van der Waals surface area contributed by atoms with Gasteiger partial charge in [-0.1, -0.05) is 24.3 Å². The number of benzene rings is 3. The van der Waals surface area contributed by atoms with Crippen molar-refractivity contribution in [3.05, 3.63) is 89.5 Å². The van der Waals surface area contributed by atoms with Crippen molar-refractivity contribution < 1.29 is 19.0 Å². The first kappa shape index (κ1) is 20.3. The summed E-state index contributed by atoms with van der Waals surface area (Å²) >= 11 is 0. The van der Waals surface area contributed by atoms with Gasteiger partial charge in [-0.2, -0.15) is 0 Å². The van der Waals surface area contributed by atoms with Gasteiger partial charge in [-0.05, 0) is 66.6 Å².